The van der Waals surface area contributed by atoms with Crippen molar-refractivity contribution in [3.8, 4) is 0 Å². The number of benzene rings is 1. The summed E-state index contributed by atoms with van der Waals surface area (Å²) in [5.74, 6) is 0. The first-order chi connectivity index (χ1) is 8.78. The van der Waals surface area contributed by atoms with E-state index >= 15 is 0 Å². The van der Waals surface area contributed by atoms with Crippen LogP contribution in [0.2, 0.25) is 0 Å². The summed E-state index contributed by atoms with van der Waals surface area (Å²) >= 11 is 0. The fourth-order valence-corrected chi connectivity index (χ4v) is 3.15. The lowest BCUT2D eigenvalue weighted by Crippen LogP contribution is -2.21. The standard InChI is InChI=1S/C10H12O7S2/c1-8-2-4-10(5-3-8)18(11,12)15-6-9-7-16-19(13,14)17-9/h2-5,9H,6-7H2,1H3/t9-/m0/s1. The van der Waals surface area contributed by atoms with E-state index in [0.717, 1.165) is 5.56 Å². The number of aryl methyl sites for hydroxylation is 1. The van der Waals surface area contributed by atoms with Crippen molar-refractivity contribution in [2.75, 3.05) is 13.2 Å². The van der Waals surface area contributed by atoms with E-state index in [1.807, 2.05) is 6.92 Å². The van der Waals surface area contributed by atoms with Crippen molar-refractivity contribution in [1.29, 1.82) is 0 Å². The molecular formula is C10H12O7S2. The van der Waals surface area contributed by atoms with Crippen LogP contribution in [-0.4, -0.2) is 36.2 Å². The molecule has 2 rings (SSSR count). The maximum absolute atomic E-state index is 11.8. The Morgan fingerprint density at radius 2 is 1.95 bits per heavy atom. The molecule has 1 fully saturated rings. The number of hydrogen-bond acceptors (Lipinski definition) is 7. The quantitative estimate of drug-likeness (QED) is 0.741. The molecule has 1 aromatic rings. The predicted molar refractivity (Wildman–Crippen MR) is 64.1 cm³/mol. The zero-order valence-corrected chi connectivity index (χ0v) is 11.6. The average Bonchev–Trinajstić information content (AvgIpc) is 2.67. The summed E-state index contributed by atoms with van der Waals surface area (Å²) in [7, 11) is -7.94. The van der Waals surface area contributed by atoms with Crippen LogP contribution in [0.3, 0.4) is 0 Å². The van der Waals surface area contributed by atoms with E-state index in [4.69, 9.17) is 4.18 Å². The highest BCUT2D eigenvalue weighted by Crippen LogP contribution is 2.17. The summed E-state index contributed by atoms with van der Waals surface area (Å²) < 4.78 is 58.7. The minimum atomic E-state index is -4.01. The molecular weight excluding hydrogens is 296 g/mol. The third kappa shape index (κ3) is 3.74. The van der Waals surface area contributed by atoms with Gasteiger partial charge in [-0.05, 0) is 19.1 Å². The lowest BCUT2D eigenvalue weighted by molar-refractivity contribution is 0.153. The van der Waals surface area contributed by atoms with E-state index in [2.05, 4.69) is 8.37 Å². The largest absolute Gasteiger partial charge is 0.400 e. The van der Waals surface area contributed by atoms with Gasteiger partial charge in [0, 0.05) is 0 Å². The van der Waals surface area contributed by atoms with Crippen molar-refractivity contribution in [2.45, 2.75) is 17.9 Å². The highest BCUT2D eigenvalue weighted by atomic mass is 32.3. The second-order valence-electron chi connectivity index (χ2n) is 3.96. The Labute approximate surface area is 111 Å². The van der Waals surface area contributed by atoms with Gasteiger partial charge in [-0.3, -0.25) is 4.18 Å². The summed E-state index contributed by atoms with van der Waals surface area (Å²) in [6, 6.07) is 6.09. The van der Waals surface area contributed by atoms with Crippen LogP contribution in [-0.2, 0) is 33.1 Å². The van der Waals surface area contributed by atoms with Crippen molar-refractivity contribution in [1.82, 2.24) is 0 Å². The van der Waals surface area contributed by atoms with Crippen LogP contribution in [0.15, 0.2) is 29.2 Å². The van der Waals surface area contributed by atoms with Gasteiger partial charge in [0.25, 0.3) is 10.1 Å². The van der Waals surface area contributed by atoms with Crippen LogP contribution in [0, 0.1) is 6.92 Å². The van der Waals surface area contributed by atoms with Gasteiger partial charge in [-0.25, -0.2) is 8.37 Å². The van der Waals surface area contributed by atoms with Gasteiger partial charge in [0.1, 0.15) is 6.10 Å². The fourth-order valence-electron chi connectivity index (χ4n) is 1.40. The summed E-state index contributed by atoms with van der Waals surface area (Å²) in [5, 5.41) is 0. The molecule has 9 heteroatoms. The molecule has 1 aliphatic heterocycles. The van der Waals surface area contributed by atoms with E-state index < -0.39 is 33.2 Å². The average molecular weight is 308 g/mol. The Bertz CT molecular complexity index is 646. The van der Waals surface area contributed by atoms with Gasteiger partial charge >= 0.3 is 10.4 Å². The minimum absolute atomic E-state index is 0.000118. The molecule has 0 spiro atoms. The van der Waals surface area contributed by atoms with E-state index in [-0.39, 0.29) is 11.5 Å². The van der Waals surface area contributed by atoms with Gasteiger partial charge in [-0.1, -0.05) is 17.7 Å². The maximum Gasteiger partial charge on any atom is 0.400 e. The van der Waals surface area contributed by atoms with E-state index in [9.17, 15) is 16.8 Å². The van der Waals surface area contributed by atoms with Crippen molar-refractivity contribution in [2.24, 2.45) is 0 Å². The second-order valence-corrected chi connectivity index (χ2v) is 6.82. The fraction of sp³-hybridized carbons (Fsp3) is 0.400. The second kappa shape index (κ2) is 5.17. The molecule has 1 aliphatic rings. The Balaban J connectivity index is 2.01. The predicted octanol–water partition coefficient (Wildman–Crippen LogP) is 0.361. The summed E-state index contributed by atoms with van der Waals surface area (Å²) in [6.45, 7) is 1.15. The molecule has 0 amide bonds. The highest BCUT2D eigenvalue weighted by molar-refractivity contribution is 7.86. The summed E-state index contributed by atoms with van der Waals surface area (Å²) in [4.78, 5) is -0.000118. The van der Waals surface area contributed by atoms with Crippen molar-refractivity contribution in [3.63, 3.8) is 0 Å². The molecule has 0 bridgehead atoms. The van der Waals surface area contributed by atoms with Crippen LogP contribution in [0.1, 0.15) is 5.56 Å². The number of rotatable bonds is 4. The lowest BCUT2D eigenvalue weighted by Gasteiger charge is -2.08. The van der Waals surface area contributed by atoms with Gasteiger partial charge < -0.3 is 0 Å². The monoisotopic (exact) mass is 308 g/mol. The molecule has 0 aliphatic carbocycles. The molecule has 0 aromatic heterocycles. The number of hydrogen-bond donors (Lipinski definition) is 0. The molecule has 19 heavy (non-hydrogen) atoms. The smallest absolute Gasteiger partial charge is 0.263 e. The van der Waals surface area contributed by atoms with E-state index in [1.54, 1.807) is 12.1 Å². The Kier molecular flexibility index (Phi) is 3.92. The first-order valence-corrected chi connectivity index (χ1v) is 8.06. The van der Waals surface area contributed by atoms with Gasteiger partial charge in [0.05, 0.1) is 18.1 Å². The lowest BCUT2D eigenvalue weighted by atomic mass is 10.2. The molecule has 0 unspecified atom stereocenters. The third-order valence-electron chi connectivity index (χ3n) is 2.37. The Morgan fingerprint density at radius 3 is 2.47 bits per heavy atom. The molecule has 0 radical (unpaired) electrons. The van der Waals surface area contributed by atoms with Crippen LogP contribution >= 0.6 is 0 Å². The van der Waals surface area contributed by atoms with E-state index in [1.165, 1.54) is 12.1 Å². The van der Waals surface area contributed by atoms with Crippen molar-refractivity contribution in [3.05, 3.63) is 29.8 Å². The molecule has 1 aromatic carbocycles. The van der Waals surface area contributed by atoms with Gasteiger partial charge in [0.2, 0.25) is 0 Å². The molecule has 106 valence electrons. The minimum Gasteiger partial charge on any atom is -0.263 e. The molecule has 1 atom stereocenters. The summed E-state index contributed by atoms with van der Waals surface area (Å²) in [5.41, 5.74) is 0.914. The Hall–Kier alpha value is -1.00. The van der Waals surface area contributed by atoms with Crippen LogP contribution in [0.25, 0.3) is 0 Å². The van der Waals surface area contributed by atoms with Gasteiger partial charge in [-0.2, -0.15) is 16.8 Å². The SMILES string of the molecule is Cc1ccc(S(=O)(=O)OC[C@H]2COS(=O)(=O)O2)cc1. The molecule has 0 saturated carbocycles. The zero-order valence-electron chi connectivity index (χ0n) is 9.98. The van der Waals surface area contributed by atoms with Crippen LogP contribution < -0.4 is 0 Å². The van der Waals surface area contributed by atoms with Crippen LogP contribution in [0.4, 0.5) is 0 Å². The van der Waals surface area contributed by atoms with Gasteiger partial charge in [-0.15, -0.1) is 0 Å². The highest BCUT2D eigenvalue weighted by Gasteiger charge is 2.31. The molecule has 1 heterocycles. The normalized spacial score (nSPS) is 22.5. The summed E-state index contributed by atoms with van der Waals surface area (Å²) in [6.07, 6.45) is -0.953. The molecule has 0 N–H and O–H groups in total. The Morgan fingerprint density at radius 1 is 1.32 bits per heavy atom. The first kappa shape index (κ1) is 14.4. The van der Waals surface area contributed by atoms with Crippen LogP contribution in [0.5, 0.6) is 0 Å². The zero-order chi connectivity index (χ0) is 14.1. The molecule has 1 saturated heterocycles. The van der Waals surface area contributed by atoms with Crippen molar-refractivity contribution >= 4 is 20.5 Å². The molecule has 7 nitrogen and oxygen atoms in total. The van der Waals surface area contributed by atoms with Gasteiger partial charge in [0.15, 0.2) is 0 Å². The van der Waals surface area contributed by atoms with Crippen molar-refractivity contribution < 1.29 is 29.4 Å². The first-order valence-electron chi connectivity index (χ1n) is 5.32. The van der Waals surface area contributed by atoms with E-state index in [0.29, 0.717) is 0 Å². The maximum atomic E-state index is 11.8. The topological polar surface area (TPSA) is 96.0 Å². The third-order valence-corrected chi connectivity index (χ3v) is 4.60.